The van der Waals surface area contributed by atoms with Gasteiger partial charge in [0.1, 0.15) is 12.6 Å². The van der Waals surface area contributed by atoms with E-state index in [4.69, 9.17) is 15.7 Å². The highest BCUT2D eigenvalue weighted by Crippen LogP contribution is 2.26. The highest BCUT2D eigenvalue weighted by atomic mass is 16.5. The number of fused-ring (bicyclic) bond motifs is 1. The van der Waals surface area contributed by atoms with E-state index in [1.165, 1.54) is 5.48 Å². The minimum absolute atomic E-state index is 0.192. The lowest BCUT2D eigenvalue weighted by atomic mass is 9.97. The summed E-state index contributed by atoms with van der Waals surface area (Å²) in [4.78, 5) is 53.1. The van der Waals surface area contributed by atoms with Gasteiger partial charge in [-0.1, -0.05) is 75.2 Å². The van der Waals surface area contributed by atoms with Gasteiger partial charge in [-0.25, -0.2) is 5.48 Å². The molecule has 1 aromatic heterocycles. The van der Waals surface area contributed by atoms with Crippen LogP contribution >= 0.6 is 0 Å². The second-order valence-electron chi connectivity index (χ2n) is 11.4. The average Bonchev–Trinajstić information content (AvgIpc) is 3.34. The molecule has 44 heavy (non-hydrogen) atoms. The summed E-state index contributed by atoms with van der Waals surface area (Å²) >= 11 is 0. The molecule has 3 aromatic rings. The zero-order chi connectivity index (χ0) is 31.9. The molecule has 0 saturated carbocycles. The second kappa shape index (κ2) is 17.8. The molecule has 0 spiro atoms. The second-order valence-corrected chi connectivity index (χ2v) is 11.4. The van der Waals surface area contributed by atoms with Gasteiger partial charge in [0, 0.05) is 42.3 Å². The molecule has 2 aromatic carbocycles. The van der Waals surface area contributed by atoms with E-state index >= 15 is 0 Å². The number of hydrogen-bond donors (Lipinski definition) is 6. The number of unbranched alkanes of at least 4 members (excludes halogenated alkanes) is 2. The van der Waals surface area contributed by atoms with Crippen molar-refractivity contribution >= 4 is 34.6 Å². The first-order valence-electron chi connectivity index (χ1n) is 15.2. The van der Waals surface area contributed by atoms with Crippen LogP contribution in [0.4, 0.5) is 0 Å². The number of H-pyrrole nitrogens is 1. The number of hydrogen-bond acceptors (Lipinski definition) is 7. The molecular weight excluding hydrogens is 562 g/mol. The Kier molecular flexibility index (Phi) is 13.9. The van der Waals surface area contributed by atoms with Gasteiger partial charge >= 0.3 is 5.97 Å². The smallest absolute Gasteiger partial charge is 0.306 e. The Balaban J connectivity index is 1.56. The molecule has 3 rings (SSSR count). The lowest BCUT2D eigenvalue weighted by Gasteiger charge is -2.22. The van der Waals surface area contributed by atoms with Crippen molar-refractivity contribution in [2.75, 3.05) is 0 Å². The van der Waals surface area contributed by atoms with E-state index in [2.05, 4.69) is 29.5 Å². The predicted octanol–water partition coefficient (Wildman–Crippen LogP) is 3.77. The highest BCUT2D eigenvalue weighted by molar-refractivity contribution is 5.91. The Morgan fingerprint density at radius 2 is 1.57 bits per heavy atom. The molecule has 0 aliphatic rings. The van der Waals surface area contributed by atoms with Gasteiger partial charge in [0.15, 0.2) is 0 Å². The van der Waals surface area contributed by atoms with Crippen molar-refractivity contribution < 1.29 is 29.1 Å². The van der Waals surface area contributed by atoms with Crippen LogP contribution in [-0.4, -0.2) is 46.1 Å². The van der Waals surface area contributed by atoms with Crippen LogP contribution in [0.1, 0.15) is 75.6 Å². The third-order valence-corrected chi connectivity index (χ3v) is 7.24. The van der Waals surface area contributed by atoms with E-state index in [9.17, 15) is 19.2 Å². The summed E-state index contributed by atoms with van der Waals surface area (Å²) in [6, 6.07) is 16.4. The van der Waals surface area contributed by atoms with E-state index < -0.39 is 29.9 Å². The molecule has 2 atom stereocenters. The largest absolute Gasteiger partial charge is 0.461 e. The summed E-state index contributed by atoms with van der Waals surface area (Å²) in [7, 11) is 0. The molecule has 7 N–H and O–H groups in total. The Labute approximate surface area is 258 Å². The molecule has 3 amide bonds. The van der Waals surface area contributed by atoms with Crippen molar-refractivity contribution in [2.45, 2.75) is 90.4 Å². The topological polar surface area (TPSA) is 176 Å². The molecule has 0 aliphatic heterocycles. The highest BCUT2D eigenvalue weighted by Gasteiger charge is 2.26. The standard InChI is InChI=1S/C33H45N5O6/c1-22(2)19-27-25(24-13-9-10-14-26(24)35-27)20-28(36-30(39)17-18-31(40)38-43)33(42)37-29(34)15-7-4-8-16-32(41)44-21-23-11-5-3-6-12-23/h3,5-6,9-14,22,28-29,35,43H,4,7-8,15-21,34H2,1-2H3,(H,36,39)(H,37,42)(H,38,40)/t28-,29?/m0/s1. The Hall–Kier alpha value is -4.22. The normalized spacial score (nSPS) is 12.5. The summed E-state index contributed by atoms with van der Waals surface area (Å²) in [5.74, 6) is -1.51. The first-order chi connectivity index (χ1) is 21.2. The molecule has 0 saturated heterocycles. The van der Waals surface area contributed by atoms with E-state index in [0.717, 1.165) is 40.6 Å². The van der Waals surface area contributed by atoms with Gasteiger partial charge in [0.25, 0.3) is 0 Å². The summed E-state index contributed by atoms with van der Waals surface area (Å²) in [6.45, 7) is 4.47. The van der Waals surface area contributed by atoms with Crippen molar-refractivity contribution in [3.8, 4) is 0 Å². The first kappa shape index (κ1) is 34.3. The number of aromatic nitrogens is 1. The van der Waals surface area contributed by atoms with Crippen LogP contribution in [-0.2, 0) is 43.4 Å². The fraction of sp³-hybridized carbons (Fsp3) is 0.455. The number of nitrogens with one attached hydrogen (secondary N) is 4. The number of rotatable bonds is 18. The molecule has 1 unspecified atom stereocenters. The van der Waals surface area contributed by atoms with Gasteiger partial charge in [0.05, 0.1) is 6.17 Å². The summed E-state index contributed by atoms with van der Waals surface area (Å²) in [5.41, 5.74) is 11.6. The molecule has 0 radical (unpaired) electrons. The molecule has 0 bridgehead atoms. The van der Waals surface area contributed by atoms with E-state index in [1.807, 2.05) is 54.6 Å². The minimum atomic E-state index is -0.935. The number of benzene rings is 2. The van der Waals surface area contributed by atoms with Gasteiger partial charge in [-0.15, -0.1) is 0 Å². The van der Waals surface area contributed by atoms with Gasteiger partial charge in [-0.3, -0.25) is 24.4 Å². The Bertz CT molecular complexity index is 1370. The number of carbonyl (C=O) groups excluding carboxylic acids is 4. The maximum atomic E-state index is 13.4. The number of aromatic amines is 1. The van der Waals surface area contributed by atoms with Crippen molar-refractivity contribution in [3.05, 3.63) is 71.4 Å². The zero-order valence-electron chi connectivity index (χ0n) is 25.6. The lowest BCUT2D eigenvalue weighted by Crippen LogP contribution is -2.53. The van der Waals surface area contributed by atoms with Crippen LogP contribution < -0.4 is 21.8 Å². The number of ether oxygens (including phenoxy) is 1. The molecule has 0 aliphatic carbocycles. The third kappa shape index (κ3) is 11.5. The summed E-state index contributed by atoms with van der Waals surface area (Å²) in [6.07, 6.45) is 2.82. The van der Waals surface area contributed by atoms with Crippen LogP contribution in [0.5, 0.6) is 0 Å². The number of carbonyl (C=O) groups is 4. The van der Waals surface area contributed by atoms with Crippen molar-refractivity contribution in [1.82, 2.24) is 21.1 Å². The monoisotopic (exact) mass is 607 g/mol. The number of amides is 3. The van der Waals surface area contributed by atoms with E-state index in [1.54, 1.807) is 0 Å². The average molecular weight is 608 g/mol. The minimum Gasteiger partial charge on any atom is -0.461 e. The number of nitrogens with two attached hydrogens (primary N) is 1. The maximum Gasteiger partial charge on any atom is 0.306 e. The third-order valence-electron chi connectivity index (χ3n) is 7.24. The van der Waals surface area contributed by atoms with Crippen molar-refractivity contribution in [2.24, 2.45) is 11.7 Å². The molecular formula is C33H45N5O6. The predicted molar refractivity (Wildman–Crippen MR) is 167 cm³/mol. The number of hydroxylamine groups is 1. The molecule has 11 heteroatoms. The van der Waals surface area contributed by atoms with Gasteiger partial charge in [0.2, 0.25) is 17.7 Å². The van der Waals surface area contributed by atoms with Crippen LogP contribution in [0.25, 0.3) is 10.9 Å². The molecule has 238 valence electrons. The molecule has 11 nitrogen and oxygen atoms in total. The Morgan fingerprint density at radius 1 is 0.864 bits per heavy atom. The van der Waals surface area contributed by atoms with Crippen molar-refractivity contribution in [3.63, 3.8) is 0 Å². The van der Waals surface area contributed by atoms with E-state index in [0.29, 0.717) is 31.6 Å². The van der Waals surface area contributed by atoms with Crippen molar-refractivity contribution in [1.29, 1.82) is 0 Å². The SMILES string of the molecule is CC(C)Cc1[nH]c2ccccc2c1C[C@H](NC(=O)CCC(=O)NO)C(=O)NC(N)CCCCCC(=O)OCc1ccccc1. The lowest BCUT2D eigenvalue weighted by molar-refractivity contribution is -0.145. The fourth-order valence-corrected chi connectivity index (χ4v) is 5.01. The zero-order valence-corrected chi connectivity index (χ0v) is 25.6. The van der Waals surface area contributed by atoms with Gasteiger partial charge < -0.3 is 26.1 Å². The van der Waals surface area contributed by atoms with Crippen LogP contribution in [0.3, 0.4) is 0 Å². The summed E-state index contributed by atoms with van der Waals surface area (Å²) in [5, 5.41) is 15.3. The first-order valence-corrected chi connectivity index (χ1v) is 15.2. The van der Waals surface area contributed by atoms with Gasteiger partial charge in [-0.05, 0) is 42.4 Å². The summed E-state index contributed by atoms with van der Waals surface area (Å²) < 4.78 is 5.31. The fourth-order valence-electron chi connectivity index (χ4n) is 5.01. The number of esters is 1. The molecule has 1 heterocycles. The Morgan fingerprint density at radius 3 is 2.30 bits per heavy atom. The van der Waals surface area contributed by atoms with Crippen LogP contribution in [0, 0.1) is 5.92 Å². The van der Waals surface area contributed by atoms with Crippen LogP contribution in [0.15, 0.2) is 54.6 Å². The maximum absolute atomic E-state index is 13.4. The number of para-hydroxylation sites is 1. The molecule has 0 fully saturated rings. The van der Waals surface area contributed by atoms with E-state index in [-0.39, 0.29) is 31.8 Å². The quantitative estimate of drug-likeness (QED) is 0.0419. The van der Waals surface area contributed by atoms with Crippen LogP contribution in [0.2, 0.25) is 0 Å². The van der Waals surface area contributed by atoms with Gasteiger partial charge in [-0.2, -0.15) is 0 Å².